The van der Waals surface area contributed by atoms with Crippen LogP contribution in [0.4, 0.5) is 0 Å². The number of sulfonamides is 1. The van der Waals surface area contributed by atoms with Crippen LogP contribution in [0.15, 0.2) is 29.2 Å². The molecule has 0 bridgehead atoms. The molecule has 1 aromatic carbocycles. The first-order valence-corrected chi connectivity index (χ1v) is 8.76. The largest absolute Gasteiger partial charge is 0.492 e. The van der Waals surface area contributed by atoms with Gasteiger partial charge in [-0.25, -0.2) is 13.6 Å². The maximum absolute atomic E-state index is 11.2. The lowest BCUT2D eigenvalue weighted by Crippen LogP contribution is -2.58. The third-order valence-electron chi connectivity index (χ3n) is 3.59. The van der Waals surface area contributed by atoms with Gasteiger partial charge in [0.15, 0.2) is 0 Å². The first-order valence-electron chi connectivity index (χ1n) is 7.21. The molecule has 0 saturated carbocycles. The smallest absolute Gasteiger partial charge is 0.238 e. The average Bonchev–Trinajstić information content (AvgIpc) is 2.36. The molecule has 0 aromatic heterocycles. The van der Waals surface area contributed by atoms with Crippen molar-refractivity contribution in [2.45, 2.75) is 24.3 Å². The van der Waals surface area contributed by atoms with Crippen LogP contribution in [-0.4, -0.2) is 52.1 Å². The molecule has 3 N–H and O–H groups in total. The highest BCUT2D eigenvalue weighted by atomic mass is 32.2. The summed E-state index contributed by atoms with van der Waals surface area (Å²) in [6, 6.07) is 6.80. The summed E-state index contributed by atoms with van der Waals surface area (Å²) in [5, 5.41) is 8.33. The molecule has 1 saturated heterocycles. The number of nitrogens with zero attached hydrogens (tertiary/aromatic N) is 1. The number of nitrogens with two attached hydrogens (primary N) is 1. The van der Waals surface area contributed by atoms with Crippen LogP contribution in [0.2, 0.25) is 0 Å². The summed E-state index contributed by atoms with van der Waals surface area (Å²) in [6.07, 6.45) is 1.12. The fourth-order valence-electron chi connectivity index (χ4n) is 2.30. The fourth-order valence-corrected chi connectivity index (χ4v) is 2.82. The van der Waals surface area contributed by atoms with Crippen LogP contribution in [0, 0.1) is 0 Å². The zero-order valence-electron chi connectivity index (χ0n) is 12.3. The minimum absolute atomic E-state index is 0.100. The van der Waals surface area contributed by atoms with Crippen molar-refractivity contribution < 1.29 is 13.2 Å². The second kappa shape index (κ2) is 7.22. The zero-order chi connectivity index (χ0) is 15.3. The molecule has 1 aliphatic heterocycles. The molecule has 0 spiro atoms. The van der Waals surface area contributed by atoms with E-state index in [1.165, 1.54) is 12.1 Å². The molecule has 0 unspecified atom stereocenters. The van der Waals surface area contributed by atoms with Crippen LogP contribution >= 0.6 is 0 Å². The fraction of sp³-hybridized carbons (Fsp3) is 0.571. The van der Waals surface area contributed by atoms with Crippen molar-refractivity contribution in [1.29, 1.82) is 0 Å². The molecule has 1 aromatic rings. The van der Waals surface area contributed by atoms with Crippen molar-refractivity contribution in [1.82, 2.24) is 10.2 Å². The maximum atomic E-state index is 11.2. The Morgan fingerprint density at radius 3 is 2.43 bits per heavy atom. The quantitative estimate of drug-likeness (QED) is 0.725. The van der Waals surface area contributed by atoms with Crippen LogP contribution in [0.5, 0.6) is 5.75 Å². The average molecular weight is 313 g/mol. The summed E-state index contributed by atoms with van der Waals surface area (Å²) < 4.78 is 28.0. The number of primary sulfonamides is 1. The highest BCUT2D eigenvalue weighted by molar-refractivity contribution is 7.89. The topological polar surface area (TPSA) is 84.7 Å². The molecule has 118 valence electrons. The molecule has 0 aliphatic carbocycles. The first-order chi connectivity index (χ1) is 10.0. The van der Waals surface area contributed by atoms with Crippen molar-refractivity contribution in [2.24, 2.45) is 5.14 Å². The summed E-state index contributed by atoms with van der Waals surface area (Å²) in [4.78, 5) is 2.53. The van der Waals surface area contributed by atoms with E-state index in [0.717, 1.165) is 32.6 Å². The van der Waals surface area contributed by atoms with Gasteiger partial charge in [-0.15, -0.1) is 0 Å². The van der Waals surface area contributed by atoms with Crippen molar-refractivity contribution in [3.8, 4) is 5.75 Å². The highest BCUT2D eigenvalue weighted by Gasteiger charge is 2.23. The third-order valence-corrected chi connectivity index (χ3v) is 4.52. The van der Waals surface area contributed by atoms with E-state index in [-0.39, 0.29) is 4.90 Å². The number of nitrogens with one attached hydrogen (secondary N) is 1. The summed E-state index contributed by atoms with van der Waals surface area (Å²) in [5.74, 6) is 0.658. The normalized spacial score (nSPS) is 16.0. The van der Waals surface area contributed by atoms with E-state index in [0.29, 0.717) is 18.4 Å². The van der Waals surface area contributed by atoms with Gasteiger partial charge in [-0.2, -0.15) is 0 Å². The van der Waals surface area contributed by atoms with Gasteiger partial charge in [0.25, 0.3) is 0 Å². The minimum atomic E-state index is -3.64. The Kier molecular flexibility index (Phi) is 5.58. The van der Waals surface area contributed by atoms with Gasteiger partial charge in [0, 0.05) is 25.7 Å². The lowest BCUT2D eigenvalue weighted by molar-refractivity contribution is 0.122. The van der Waals surface area contributed by atoms with Gasteiger partial charge in [-0.1, -0.05) is 6.92 Å². The van der Waals surface area contributed by atoms with Crippen LogP contribution in [0.3, 0.4) is 0 Å². The number of rotatable bonds is 8. The molecule has 2 rings (SSSR count). The second-order valence-corrected chi connectivity index (χ2v) is 6.77. The van der Waals surface area contributed by atoms with Crippen molar-refractivity contribution in [2.75, 3.05) is 32.8 Å². The second-order valence-electron chi connectivity index (χ2n) is 5.21. The monoisotopic (exact) mass is 313 g/mol. The van der Waals surface area contributed by atoms with Gasteiger partial charge < -0.3 is 10.1 Å². The molecule has 1 fully saturated rings. The van der Waals surface area contributed by atoms with Crippen molar-refractivity contribution >= 4 is 10.0 Å². The molecule has 0 radical (unpaired) electrons. The van der Waals surface area contributed by atoms with Gasteiger partial charge in [0.2, 0.25) is 10.0 Å². The lowest BCUT2D eigenvalue weighted by Gasteiger charge is -2.38. The Bertz CT molecular complexity index is 541. The molecule has 6 nitrogen and oxygen atoms in total. The predicted octanol–water partition coefficient (Wildman–Crippen LogP) is 0.397. The Morgan fingerprint density at radius 2 is 1.95 bits per heavy atom. The van der Waals surface area contributed by atoms with Crippen LogP contribution < -0.4 is 15.2 Å². The third kappa shape index (κ3) is 4.67. The van der Waals surface area contributed by atoms with Crippen LogP contribution in [-0.2, 0) is 10.0 Å². The van der Waals surface area contributed by atoms with E-state index in [2.05, 4.69) is 17.1 Å². The van der Waals surface area contributed by atoms with Gasteiger partial charge in [0.05, 0.1) is 4.90 Å². The van der Waals surface area contributed by atoms with E-state index < -0.39 is 10.0 Å². The summed E-state index contributed by atoms with van der Waals surface area (Å²) in [7, 11) is -3.64. The molecule has 21 heavy (non-hydrogen) atoms. The molecule has 1 heterocycles. The molecule has 7 heteroatoms. The van der Waals surface area contributed by atoms with Gasteiger partial charge in [-0.3, -0.25) is 4.90 Å². The predicted molar refractivity (Wildman–Crippen MR) is 81.8 cm³/mol. The zero-order valence-corrected chi connectivity index (χ0v) is 13.1. The van der Waals surface area contributed by atoms with E-state index in [4.69, 9.17) is 9.88 Å². The van der Waals surface area contributed by atoms with Gasteiger partial charge in [-0.05, 0) is 37.2 Å². The van der Waals surface area contributed by atoms with E-state index >= 15 is 0 Å². The van der Waals surface area contributed by atoms with Crippen LogP contribution in [0.25, 0.3) is 0 Å². The summed E-state index contributed by atoms with van der Waals surface area (Å²) in [5.41, 5.74) is 0. The highest BCUT2D eigenvalue weighted by Crippen LogP contribution is 2.15. The Morgan fingerprint density at radius 1 is 1.29 bits per heavy atom. The molecular weight excluding hydrogens is 290 g/mol. The molecular formula is C14H23N3O3S. The molecule has 0 amide bonds. The number of hydrogen-bond acceptors (Lipinski definition) is 5. The minimum Gasteiger partial charge on any atom is -0.492 e. The summed E-state index contributed by atoms with van der Waals surface area (Å²) >= 11 is 0. The first kappa shape index (κ1) is 16.2. The van der Waals surface area contributed by atoms with Crippen molar-refractivity contribution in [3.63, 3.8) is 0 Å². The van der Waals surface area contributed by atoms with E-state index in [1.807, 2.05) is 0 Å². The summed E-state index contributed by atoms with van der Waals surface area (Å²) in [6.45, 7) is 6.79. The number of benzene rings is 1. The Balaban J connectivity index is 1.82. The van der Waals surface area contributed by atoms with Crippen LogP contribution in [0.1, 0.15) is 13.3 Å². The Labute approximate surface area is 126 Å². The number of ether oxygens (including phenoxy) is 1. The molecule has 1 aliphatic rings. The number of hydrogen-bond donors (Lipinski definition) is 2. The molecule has 0 atom stereocenters. The van der Waals surface area contributed by atoms with Gasteiger partial charge >= 0.3 is 0 Å². The standard InChI is InChI=1S/C14H23N3O3S/c1-2-7-17(12-10-16-11-12)8-9-20-13-3-5-14(6-4-13)21(15,18)19/h3-6,12,16H,2,7-11H2,1H3,(H2,15,18,19). The SMILES string of the molecule is CCCN(CCOc1ccc(S(N)(=O)=O)cc1)C1CNC1. The van der Waals surface area contributed by atoms with Gasteiger partial charge in [0.1, 0.15) is 12.4 Å². The maximum Gasteiger partial charge on any atom is 0.238 e. The lowest BCUT2D eigenvalue weighted by atomic mass is 10.1. The Hall–Kier alpha value is -1.15. The van der Waals surface area contributed by atoms with E-state index in [9.17, 15) is 8.42 Å². The van der Waals surface area contributed by atoms with E-state index in [1.54, 1.807) is 12.1 Å². The van der Waals surface area contributed by atoms with Crippen molar-refractivity contribution in [3.05, 3.63) is 24.3 Å².